The smallest absolute Gasteiger partial charge is 0.410 e. The summed E-state index contributed by atoms with van der Waals surface area (Å²) in [5.74, 6) is 0. The van der Waals surface area contributed by atoms with Gasteiger partial charge in [-0.05, 0) is 44.4 Å². The molecule has 98 valence electrons. The van der Waals surface area contributed by atoms with Crippen LogP contribution in [0.2, 0.25) is 0 Å². The first-order valence-corrected chi connectivity index (χ1v) is 6.82. The van der Waals surface area contributed by atoms with Gasteiger partial charge in [0.05, 0.1) is 6.54 Å². The molecule has 0 aromatic heterocycles. The van der Waals surface area contributed by atoms with Crippen molar-refractivity contribution >= 4 is 22.0 Å². The van der Waals surface area contributed by atoms with Gasteiger partial charge in [0.25, 0.3) is 0 Å². The average molecular weight is 312 g/mol. The predicted octanol–water partition coefficient (Wildman–Crippen LogP) is 4.01. The molecular weight excluding hydrogens is 294 g/mol. The fraction of sp³-hybridized carbons (Fsp3) is 0.500. The molecule has 1 amide bonds. The summed E-state index contributed by atoms with van der Waals surface area (Å²) in [5, 5.41) is 0. The molecule has 0 radical (unpaired) electrons. The molecule has 0 atom stereocenters. The zero-order valence-electron chi connectivity index (χ0n) is 11.2. The van der Waals surface area contributed by atoms with Gasteiger partial charge in [-0.1, -0.05) is 28.1 Å². The highest BCUT2D eigenvalue weighted by atomic mass is 79.9. The molecule has 1 heterocycles. The van der Waals surface area contributed by atoms with E-state index in [1.165, 1.54) is 16.7 Å². The molecular formula is C14H18BrNO2. The largest absolute Gasteiger partial charge is 0.444 e. The van der Waals surface area contributed by atoms with Gasteiger partial charge in [0.15, 0.2) is 0 Å². The molecule has 0 aliphatic carbocycles. The van der Waals surface area contributed by atoms with Crippen LogP contribution in [0.25, 0.3) is 0 Å². The Balaban J connectivity index is 2.15. The minimum absolute atomic E-state index is 0.247. The molecule has 18 heavy (non-hydrogen) atoms. The number of halogens is 1. The topological polar surface area (TPSA) is 29.5 Å². The summed E-state index contributed by atoms with van der Waals surface area (Å²) < 4.78 is 6.50. The Bertz CT molecular complexity index is 491. The monoisotopic (exact) mass is 311 g/mol. The lowest BCUT2D eigenvalue weighted by Crippen LogP contribution is -2.33. The Morgan fingerprint density at radius 3 is 2.61 bits per heavy atom. The highest BCUT2D eigenvalue weighted by Crippen LogP contribution is 2.32. The van der Waals surface area contributed by atoms with Gasteiger partial charge in [-0.25, -0.2) is 4.79 Å². The lowest BCUT2D eigenvalue weighted by Gasteiger charge is -2.24. The van der Waals surface area contributed by atoms with E-state index in [4.69, 9.17) is 4.74 Å². The van der Waals surface area contributed by atoms with Crippen LogP contribution >= 0.6 is 15.9 Å². The second-order valence-electron chi connectivity index (χ2n) is 5.67. The Hall–Kier alpha value is -1.03. The molecule has 1 aliphatic heterocycles. The summed E-state index contributed by atoms with van der Waals surface area (Å²) in [6.07, 6.45) is -0.247. The maximum atomic E-state index is 12.0. The number of fused-ring (bicyclic) bond motifs is 1. The number of carbonyl (C=O) groups is 1. The molecule has 0 spiro atoms. The molecule has 0 saturated carbocycles. The van der Waals surface area contributed by atoms with Crippen molar-refractivity contribution in [2.24, 2.45) is 0 Å². The number of ether oxygens (including phenoxy) is 1. The third-order valence-electron chi connectivity index (χ3n) is 2.90. The number of hydrogen-bond acceptors (Lipinski definition) is 2. The number of rotatable bonds is 0. The Labute approximate surface area is 116 Å². The number of carbonyl (C=O) groups excluding carboxylic acids is 1. The first-order valence-electron chi connectivity index (χ1n) is 6.03. The van der Waals surface area contributed by atoms with E-state index >= 15 is 0 Å². The summed E-state index contributed by atoms with van der Waals surface area (Å²) in [5.41, 5.74) is 3.14. The van der Waals surface area contributed by atoms with Gasteiger partial charge < -0.3 is 4.74 Å². The maximum Gasteiger partial charge on any atom is 0.410 e. The van der Waals surface area contributed by atoms with Gasteiger partial charge in [0.2, 0.25) is 0 Å². The van der Waals surface area contributed by atoms with Crippen molar-refractivity contribution in [1.29, 1.82) is 0 Å². The third kappa shape index (κ3) is 2.69. The van der Waals surface area contributed by atoms with Crippen LogP contribution in [0.1, 0.15) is 37.5 Å². The van der Waals surface area contributed by atoms with E-state index in [9.17, 15) is 4.79 Å². The fourth-order valence-corrected chi connectivity index (χ4v) is 2.52. The summed E-state index contributed by atoms with van der Waals surface area (Å²) in [4.78, 5) is 13.8. The van der Waals surface area contributed by atoms with Crippen molar-refractivity contribution in [3.05, 3.63) is 33.3 Å². The lowest BCUT2D eigenvalue weighted by molar-refractivity contribution is 0.0241. The summed E-state index contributed by atoms with van der Waals surface area (Å²) in [6.45, 7) is 8.95. The molecule has 1 aliphatic rings. The first-order chi connectivity index (χ1) is 8.28. The van der Waals surface area contributed by atoms with E-state index in [1.807, 2.05) is 20.8 Å². The van der Waals surface area contributed by atoms with E-state index in [0.717, 1.165) is 4.47 Å². The minimum Gasteiger partial charge on any atom is -0.444 e. The van der Waals surface area contributed by atoms with Crippen molar-refractivity contribution in [1.82, 2.24) is 4.90 Å². The molecule has 0 fully saturated rings. The van der Waals surface area contributed by atoms with Crippen LogP contribution in [-0.4, -0.2) is 16.6 Å². The zero-order valence-corrected chi connectivity index (χ0v) is 12.8. The van der Waals surface area contributed by atoms with Crippen molar-refractivity contribution in [2.75, 3.05) is 0 Å². The van der Waals surface area contributed by atoms with E-state index in [1.54, 1.807) is 4.90 Å². The van der Waals surface area contributed by atoms with Crippen LogP contribution in [0.5, 0.6) is 0 Å². The van der Waals surface area contributed by atoms with Gasteiger partial charge in [0.1, 0.15) is 5.60 Å². The summed E-state index contributed by atoms with van der Waals surface area (Å²) in [6, 6.07) is 4.15. The summed E-state index contributed by atoms with van der Waals surface area (Å²) in [7, 11) is 0. The SMILES string of the molecule is Cc1ccc2c(c1Br)CN(C(=O)OC(C)(C)C)C2. The van der Waals surface area contributed by atoms with Gasteiger partial charge in [-0.3, -0.25) is 4.90 Å². The van der Waals surface area contributed by atoms with Crippen molar-refractivity contribution in [2.45, 2.75) is 46.4 Å². The van der Waals surface area contributed by atoms with Gasteiger partial charge in [0, 0.05) is 11.0 Å². The molecule has 3 nitrogen and oxygen atoms in total. The second kappa shape index (κ2) is 4.57. The minimum atomic E-state index is -0.445. The van der Waals surface area contributed by atoms with Crippen LogP contribution < -0.4 is 0 Å². The standard InChI is InChI=1S/C14H18BrNO2/c1-9-5-6-10-7-16(8-11(10)12(9)15)13(17)18-14(2,3)4/h5-6H,7-8H2,1-4H3. The molecule has 0 saturated heterocycles. The van der Waals surface area contributed by atoms with Crippen LogP contribution in [0.15, 0.2) is 16.6 Å². The number of hydrogen-bond donors (Lipinski definition) is 0. The van der Waals surface area contributed by atoms with Crippen LogP contribution in [0.4, 0.5) is 4.79 Å². The molecule has 0 unspecified atom stereocenters. The third-order valence-corrected chi connectivity index (χ3v) is 4.00. The Morgan fingerprint density at radius 2 is 2.00 bits per heavy atom. The highest BCUT2D eigenvalue weighted by molar-refractivity contribution is 9.10. The number of aryl methyl sites for hydroxylation is 1. The van der Waals surface area contributed by atoms with E-state index < -0.39 is 5.60 Å². The predicted molar refractivity (Wildman–Crippen MR) is 74.4 cm³/mol. The number of nitrogens with zero attached hydrogens (tertiary/aromatic N) is 1. The quantitative estimate of drug-likeness (QED) is 0.724. The Kier molecular flexibility index (Phi) is 3.41. The van der Waals surface area contributed by atoms with Gasteiger partial charge in [-0.15, -0.1) is 0 Å². The zero-order chi connectivity index (χ0) is 13.5. The van der Waals surface area contributed by atoms with Crippen LogP contribution in [-0.2, 0) is 17.8 Å². The van der Waals surface area contributed by atoms with Crippen LogP contribution in [0, 0.1) is 6.92 Å². The molecule has 2 rings (SSSR count). The van der Waals surface area contributed by atoms with Crippen LogP contribution in [0.3, 0.4) is 0 Å². The van der Waals surface area contributed by atoms with E-state index in [0.29, 0.717) is 13.1 Å². The molecule has 4 heteroatoms. The molecule has 1 aromatic rings. The first kappa shape index (κ1) is 13.4. The average Bonchev–Trinajstić information content (AvgIpc) is 2.66. The van der Waals surface area contributed by atoms with E-state index in [-0.39, 0.29) is 6.09 Å². The fourth-order valence-electron chi connectivity index (χ4n) is 2.01. The molecule has 1 aromatic carbocycles. The number of benzene rings is 1. The maximum absolute atomic E-state index is 12.0. The summed E-state index contributed by atoms with van der Waals surface area (Å²) >= 11 is 3.59. The second-order valence-corrected chi connectivity index (χ2v) is 6.46. The van der Waals surface area contributed by atoms with Crippen molar-refractivity contribution < 1.29 is 9.53 Å². The lowest BCUT2D eigenvalue weighted by atomic mass is 10.1. The number of amides is 1. The molecule has 0 bridgehead atoms. The molecule has 0 N–H and O–H groups in total. The van der Waals surface area contributed by atoms with Gasteiger partial charge >= 0.3 is 6.09 Å². The highest BCUT2D eigenvalue weighted by Gasteiger charge is 2.29. The Morgan fingerprint density at radius 1 is 1.33 bits per heavy atom. The van der Waals surface area contributed by atoms with Gasteiger partial charge in [-0.2, -0.15) is 0 Å². The van der Waals surface area contributed by atoms with Crippen molar-refractivity contribution in [3.8, 4) is 0 Å². The van der Waals surface area contributed by atoms with Crippen molar-refractivity contribution in [3.63, 3.8) is 0 Å². The van der Waals surface area contributed by atoms with E-state index in [2.05, 4.69) is 35.0 Å². The normalized spacial score (nSPS) is 14.6.